The van der Waals surface area contributed by atoms with Crippen molar-refractivity contribution in [2.24, 2.45) is 0 Å². The van der Waals surface area contributed by atoms with Gasteiger partial charge in [-0.05, 0) is 65.7 Å². The summed E-state index contributed by atoms with van der Waals surface area (Å²) in [6.45, 7) is 1.83. The molecule has 3 aromatic carbocycles. The molecule has 5 rings (SSSR count). The molecule has 0 saturated heterocycles. The van der Waals surface area contributed by atoms with Crippen LogP contribution < -0.4 is 9.80 Å². The second-order valence-electron chi connectivity index (χ2n) is 9.73. The molecular formula is C30H29ClN4O3. The maximum absolute atomic E-state index is 13.6. The average Bonchev–Trinajstić information content (AvgIpc) is 3.42. The minimum atomic E-state index is -0.225. The Morgan fingerprint density at radius 1 is 0.816 bits per heavy atom. The highest BCUT2D eigenvalue weighted by Crippen LogP contribution is 2.31. The number of hydrogen-bond donors (Lipinski definition) is 0. The van der Waals surface area contributed by atoms with Crippen LogP contribution in [0.2, 0.25) is 5.02 Å². The predicted octanol–water partition coefficient (Wildman–Crippen LogP) is 4.61. The molecular weight excluding hydrogens is 500 g/mol. The van der Waals surface area contributed by atoms with E-state index >= 15 is 0 Å². The van der Waals surface area contributed by atoms with Gasteiger partial charge in [0.15, 0.2) is 0 Å². The van der Waals surface area contributed by atoms with Gasteiger partial charge in [-0.3, -0.25) is 14.4 Å². The van der Waals surface area contributed by atoms with Gasteiger partial charge in [-0.2, -0.15) is 0 Å². The van der Waals surface area contributed by atoms with Gasteiger partial charge < -0.3 is 19.6 Å². The van der Waals surface area contributed by atoms with Crippen LogP contribution in [-0.2, 0) is 17.9 Å². The number of carbonyl (C=O) groups is 3. The number of fused-ring (bicyclic) bond motifs is 1. The average molecular weight is 529 g/mol. The van der Waals surface area contributed by atoms with Crippen molar-refractivity contribution in [3.05, 3.63) is 106 Å². The maximum Gasteiger partial charge on any atom is 0.254 e. The summed E-state index contributed by atoms with van der Waals surface area (Å²) in [5, 5.41) is 0.547. The zero-order valence-electron chi connectivity index (χ0n) is 21.4. The zero-order chi connectivity index (χ0) is 26.8. The highest BCUT2D eigenvalue weighted by Gasteiger charge is 2.30. The van der Waals surface area contributed by atoms with Crippen LogP contribution in [0.3, 0.4) is 0 Å². The molecule has 2 heterocycles. The number of rotatable bonds is 5. The lowest BCUT2D eigenvalue weighted by Gasteiger charge is -2.24. The monoisotopic (exact) mass is 528 g/mol. The first kappa shape index (κ1) is 25.5. The minimum Gasteiger partial charge on any atom is -0.378 e. The molecule has 0 atom stereocenters. The Morgan fingerprint density at radius 3 is 2.05 bits per heavy atom. The smallest absolute Gasteiger partial charge is 0.254 e. The maximum atomic E-state index is 13.6. The third-order valence-electron chi connectivity index (χ3n) is 6.88. The van der Waals surface area contributed by atoms with Crippen LogP contribution in [0.15, 0.2) is 78.9 Å². The summed E-state index contributed by atoms with van der Waals surface area (Å²) in [6, 6.07) is 20.0. The van der Waals surface area contributed by atoms with Crippen molar-refractivity contribution in [3.8, 4) is 0 Å². The van der Waals surface area contributed by atoms with Gasteiger partial charge in [-0.1, -0.05) is 35.9 Å². The number of benzene rings is 3. The van der Waals surface area contributed by atoms with E-state index in [1.54, 1.807) is 39.0 Å². The summed E-state index contributed by atoms with van der Waals surface area (Å²) in [5.41, 5.74) is 4.64. The fraction of sp³-hybridized carbons (Fsp3) is 0.233. The molecule has 38 heavy (non-hydrogen) atoms. The van der Waals surface area contributed by atoms with Crippen LogP contribution in [0.5, 0.6) is 0 Å². The first-order valence-electron chi connectivity index (χ1n) is 12.5. The second-order valence-corrected chi connectivity index (χ2v) is 10.2. The highest BCUT2D eigenvalue weighted by atomic mass is 35.5. The fourth-order valence-electron chi connectivity index (χ4n) is 4.74. The van der Waals surface area contributed by atoms with Gasteiger partial charge in [0.25, 0.3) is 11.8 Å². The molecule has 2 aliphatic heterocycles. The predicted molar refractivity (Wildman–Crippen MR) is 150 cm³/mol. The number of nitrogens with zero attached hydrogens (tertiary/aromatic N) is 4. The van der Waals surface area contributed by atoms with Crippen molar-refractivity contribution in [1.29, 1.82) is 0 Å². The largest absolute Gasteiger partial charge is 0.378 e. The van der Waals surface area contributed by atoms with Gasteiger partial charge in [-0.15, -0.1) is 0 Å². The van der Waals surface area contributed by atoms with E-state index in [2.05, 4.69) is 0 Å². The lowest BCUT2D eigenvalue weighted by Crippen LogP contribution is -2.39. The normalized spacial score (nSPS) is 14.9. The van der Waals surface area contributed by atoms with E-state index in [4.69, 9.17) is 11.6 Å². The quantitative estimate of drug-likeness (QED) is 0.454. The topological polar surface area (TPSA) is 64.2 Å². The van der Waals surface area contributed by atoms with E-state index in [-0.39, 0.29) is 24.3 Å². The van der Waals surface area contributed by atoms with E-state index in [0.29, 0.717) is 42.3 Å². The molecule has 0 bridgehead atoms. The Kier molecular flexibility index (Phi) is 7.20. The molecule has 0 spiro atoms. The first-order valence-corrected chi connectivity index (χ1v) is 12.9. The van der Waals surface area contributed by atoms with Crippen molar-refractivity contribution in [2.45, 2.75) is 13.1 Å². The standard InChI is InChI=1S/C30H29ClN4O3/c1-32(2)26-13-14-27-24(17-26)19-34(30(38)23-9-11-25(31)12-10-23)20-28(36)35(27)18-21-5-7-22(8-6-21)29(37)33-15-3-4-16-33/h3-14,17H,15-16,18-20H2,1-2H3. The Balaban J connectivity index is 1.43. The van der Waals surface area contributed by atoms with Crippen molar-refractivity contribution in [2.75, 3.05) is 43.5 Å². The van der Waals surface area contributed by atoms with Crippen LogP contribution in [0.1, 0.15) is 31.8 Å². The summed E-state index contributed by atoms with van der Waals surface area (Å²) in [6.07, 6.45) is 3.97. The highest BCUT2D eigenvalue weighted by molar-refractivity contribution is 6.30. The Bertz CT molecular complexity index is 1390. The van der Waals surface area contributed by atoms with E-state index in [0.717, 1.165) is 22.5 Å². The molecule has 0 aliphatic carbocycles. The van der Waals surface area contributed by atoms with E-state index < -0.39 is 0 Å². The van der Waals surface area contributed by atoms with Crippen LogP contribution in [0.4, 0.5) is 11.4 Å². The second kappa shape index (κ2) is 10.7. The number of amides is 3. The van der Waals surface area contributed by atoms with Crippen LogP contribution in [0.25, 0.3) is 0 Å². The SMILES string of the molecule is CN(C)c1ccc2c(c1)CN(C(=O)c1ccc(Cl)cc1)CC(=O)N2Cc1ccc(C(=O)N2CC=CC2)cc1. The molecule has 0 radical (unpaired) electrons. The molecule has 0 N–H and O–H groups in total. The molecule has 194 valence electrons. The van der Waals surface area contributed by atoms with Gasteiger partial charge in [0, 0.05) is 61.3 Å². The first-order chi connectivity index (χ1) is 18.3. The summed E-state index contributed by atoms with van der Waals surface area (Å²) in [5.74, 6) is -0.408. The molecule has 2 aliphatic rings. The Hall–Kier alpha value is -4.10. The third kappa shape index (κ3) is 5.29. The molecule has 0 unspecified atom stereocenters. The Labute approximate surface area is 227 Å². The van der Waals surface area contributed by atoms with Gasteiger partial charge in [0.2, 0.25) is 5.91 Å². The lowest BCUT2D eigenvalue weighted by atomic mass is 10.1. The van der Waals surface area contributed by atoms with Crippen molar-refractivity contribution < 1.29 is 14.4 Å². The summed E-state index contributed by atoms with van der Waals surface area (Å²) in [7, 11) is 3.91. The van der Waals surface area contributed by atoms with Crippen molar-refractivity contribution >= 4 is 40.7 Å². The summed E-state index contributed by atoms with van der Waals surface area (Å²) in [4.78, 5) is 46.7. The number of hydrogen-bond acceptors (Lipinski definition) is 4. The number of carbonyl (C=O) groups excluding carboxylic acids is 3. The molecule has 0 saturated carbocycles. The molecule has 0 aromatic heterocycles. The zero-order valence-corrected chi connectivity index (χ0v) is 22.2. The molecule has 3 aromatic rings. The third-order valence-corrected chi connectivity index (χ3v) is 7.14. The number of halogens is 1. The minimum absolute atomic E-state index is 0.00897. The molecule has 7 nitrogen and oxygen atoms in total. The Morgan fingerprint density at radius 2 is 1.42 bits per heavy atom. The van der Waals surface area contributed by atoms with E-state index in [9.17, 15) is 14.4 Å². The molecule has 3 amide bonds. The lowest BCUT2D eigenvalue weighted by molar-refractivity contribution is -0.119. The van der Waals surface area contributed by atoms with Gasteiger partial charge in [0.1, 0.15) is 6.54 Å². The van der Waals surface area contributed by atoms with Crippen LogP contribution in [-0.4, -0.2) is 61.3 Å². The summed E-state index contributed by atoms with van der Waals surface area (Å²) >= 11 is 6.01. The van der Waals surface area contributed by atoms with Gasteiger partial charge >= 0.3 is 0 Å². The van der Waals surface area contributed by atoms with E-state index in [1.807, 2.05) is 73.6 Å². The fourth-order valence-corrected chi connectivity index (χ4v) is 4.86. The molecule has 0 fully saturated rings. The summed E-state index contributed by atoms with van der Waals surface area (Å²) < 4.78 is 0. The molecule has 8 heteroatoms. The van der Waals surface area contributed by atoms with Crippen LogP contribution in [0, 0.1) is 0 Å². The van der Waals surface area contributed by atoms with E-state index in [1.165, 1.54) is 0 Å². The van der Waals surface area contributed by atoms with Gasteiger partial charge in [-0.25, -0.2) is 0 Å². The van der Waals surface area contributed by atoms with Crippen molar-refractivity contribution in [1.82, 2.24) is 9.80 Å². The van der Waals surface area contributed by atoms with Crippen LogP contribution >= 0.6 is 11.6 Å². The number of anilines is 2. The van der Waals surface area contributed by atoms with Crippen molar-refractivity contribution in [3.63, 3.8) is 0 Å². The van der Waals surface area contributed by atoms with Gasteiger partial charge in [0.05, 0.1) is 6.54 Å².